The Labute approximate surface area is 115 Å². The van der Waals surface area contributed by atoms with E-state index in [1.165, 1.54) is 18.4 Å². The highest BCUT2D eigenvalue weighted by Gasteiger charge is 2.20. The zero-order chi connectivity index (χ0) is 13.7. The molecule has 0 radical (unpaired) electrons. The predicted octanol–water partition coefficient (Wildman–Crippen LogP) is 2.90. The van der Waals surface area contributed by atoms with Crippen molar-refractivity contribution in [3.63, 3.8) is 0 Å². The highest BCUT2D eigenvalue weighted by atomic mass is 16.1. The van der Waals surface area contributed by atoms with Crippen LogP contribution >= 0.6 is 0 Å². The Hall–Kier alpha value is -1.51. The first-order valence-corrected chi connectivity index (χ1v) is 7.27. The normalized spacial score (nSPS) is 23.0. The molecule has 0 bridgehead atoms. The summed E-state index contributed by atoms with van der Waals surface area (Å²) in [6, 6.07) is 8.14. The number of benzene rings is 1. The van der Waals surface area contributed by atoms with Crippen LogP contribution in [0.1, 0.15) is 44.6 Å². The summed E-state index contributed by atoms with van der Waals surface area (Å²) in [4.78, 5) is 11.9. The molecule has 0 heterocycles. The molecule has 2 rings (SSSR count). The molecule has 104 valence electrons. The molecule has 0 spiro atoms. The molecule has 1 aliphatic carbocycles. The van der Waals surface area contributed by atoms with Crippen molar-refractivity contribution in [2.75, 3.05) is 5.73 Å². The van der Waals surface area contributed by atoms with Crippen molar-refractivity contribution in [1.82, 2.24) is 5.32 Å². The summed E-state index contributed by atoms with van der Waals surface area (Å²) >= 11 is 0. The lowest BCUT2D eigenvalue weighted by Crippen LogP contribution is -2.38. The number of amides is 1. The minimum atomic E-state index is 0.177. The average molecular weight is 260 g/mol. The maximum absolute atomic E-state index is 11.9. The van der Waals surface area contributed by atoms with Crippen LogP contribution in [0.2, 0.25) is 0 Å². The van der Waals surface area contributed by atoms with Crippen LogP contribution in [0.25, 0.3) is 0 Å². The number of rotatable bonds is 4. The van der Waals surface area contributed by atoms with Gasteiger partial charge in [0.2, 0.25) is 5.91 Å². The van der Waals surface area contributed by atoms with Gasteiger partial charge in [-0.15, -0.1) is 0 Å². The van der Waals surface area contributed by atoms with Gasteiger partial charge >= 0.3 is 0 Å². The molecular formula is C16H24N2O. The van der Waals surface area contributed by atoms with Gasteiger partial charge in [-0.3, -0.25) is 4.79 Å². The molecule has 0 aliphatic heterocycles. The highest BCUT2D eigenvalue weighted by molar-refractivity contribution is 5.76. The zero-order valence-corrected chi connectivity index (χ0v) is 11.7. The van der Waals surface area contributed by atoms with E-state index in [1.807, 2.05) is 24.3 Å². The first kappa shape index (κ1) is 13.9. The van der Waals surface area contributed by atoms with Crippen LogP contribution in [0.4, 0.5) is 5.69 Å². The highest BCUT2D eigenvalue weighted by Crippen LogP contribution is 2.23. The van der Waals surface area contributed by atoms with Crippen molar-refractivity contribution in [3.05, 3.63) is 29.8 Å². The molecule has 1 saturated carbocycles. The van der Waals surface area contributed by atoms with Gasteiger partial charge in [-0.1, -0.05) is 31.9 Å². The second kappa shape index (κ2) is 6.60. The SMILES string of the molecule is CC1CCCC(NC(=O)CCc2ccc(N)cc2)C1. The summed E-state index contributed by atoms with van der Waals surface area (Å²) < 4.78 is 0. The molecule has 3 heteroatoms. The molecule has 1 fully saturated rings. The quantitative estimate of drug-likeness (QED) is 0.818. The fourth-order valence-corrected chi connectivity index (χ4v) is 2.81. The van der Waals surface area contributed by atoms with Crippen LogP contribution in [0, 0.1) is 5.92 Å². The summed E-state index contributed by atoms with van der Waals surface area (Å²) in [5, 5.41) is 3.17. The third-order valence-electron chi connectivity index (χ3n) is 3.92. The van der Waals surface area contributed by atoms with Gasteiger partial charge in [0.15, 0.2) is 0 Å². The first-order valence-electron chi connectivity index (χ1n) is 7.27. The Morgan fingerprint density at radius 2 is 2.05 bits per heavy atom. The topological polar surface area (TPSA) is 55.1 Å². The lowest BCUT2D eigenvalue weighted by Gasteiger charge is -2.27. The number of nitrogens with one attached hydrogen (secondary N) is 1. The molecule has 1 aromatic carbocycles. The lowest BCUT2D eigenvalue weighted by atomic mass is 9.87. The number of nitrogen functional groups attached to an aromatic ring is 1. The molecule has 0 saturated heterocycles. The Bertz CT molecular complexity index is 413. The van der Waals surface area contributed by atoms with Crippen LogP contribution in [0.3, 0.4) is 0 Å². The minimum absolute atomic E-state index is 0.177. The Kier molecular flexibility index (Phi) is 4.83. The van der Waals surface area contributed by atoms with Gasteiger partial charge in [0.05, 0.1) is 0 Å². The van der Waals surface area contributed by atoms with Crippen LogP contribution < -0.4 is 11.1 Å². The van der Waals surface area contributed by atoms with Crippen LogP contribution in [0.15, 0.2) is 24.3 Å². The van der Waals surface area contributed by atoms with Gasteiger partial charge in [-0.2, -0.15) is 0 Å². The standard InChI is InChI=1S/C16H24N2O/c1-12-3-2-4-15(11-12)18-16(19)10-7-13-5-8-14(17)9-6-13/h5-6,8-9,12,15H,2-4,7,10-11,17H2,1H3,(H,18,19). The lowest BCUT2D eigenvalue weighted by molar-refractivity contribution is -0.122. The summed E-state index contributed by atoms with van der Waals surface area (Å²) in [6.07, 6.45) is 6.16. The van der Waals surface area contributed by atoms with E-state index in [1.54, 1.807) is 0 Å². The van der Waals surface area contributed by atoms with E-state index in [-0.39, 0.29) is 5.91 Å². The molecular weight excluding hydrogens is 236 g/mol. The summed E-state index contributed by atoms with van der Waals surface area (Å²) in [7, 11) is 0. The van der Waals surface area contributed by atoms with Crippen LogP contribution in [-0.4, -0.2) is 11.9 Å². The Morgan fingerprint density at radius 3 is 2.74 bits per heavy atom. The second-order valence-electron chi connectivity index (χ2n) is 5.78. The molecule has 1 aromatic rings. The van der Waals surface area contributed by atoms with Crippen molar-refractivity contribution in [1.29, 1.82) is 0 Å². The molecule has 2 unspecified atom stereocenters. The van der Waals surface area contributed by atoms with Gasteiger partial charge in [0, 0.05) is 18.2 Å². The van der Waals surface area contributed by atoms with Crippen molar-refractivity contribution in [2.45, 2.75) is 51.5 Å². The zero-order valence-electron chi connectivity index (χ0n) is 11.7. The predicted molar refractivity (Wildman–Crippen MR) is 78.7 cm³/mol. The smallest absolute Gasteiger partial charge is 0.220 e. The number of aryl methyl sites for hydroxylation is 1. The third kappa shape index (κ3) is 4.58. The molecule has 19 heavy (non-hydrogen) atoms. The van der Waals surface area contributed by atoms with E-state index < -0.39 is 0 Å². The van der Waals surface area contributed by atoms with Gasteiger partial charge in [-0.25, -0.2) is 0 Å². The number of carbonyl (C=O) groups excluding carboxylic acids is 1. The minimum Gasteiger partial charge on any atom is -0.399 e. The fourth-order valence-electron chi connectivity index (χ4n) is 2.81. The van der Waals surface area contributed by atoms with Gasteiger partial charge in [0.25, 0.3) is 0 Å². The van der Waals surface area contributed by atoms with E-state index >= 15 is 0 Å². The number of hydrogen-bond acceptors (Lipinski definition) is 2. The maximum Gasteiger partial charge on any atom is 0.220 e. The van der Waals surface area contributed by atoms with E-state index in [2.05, 4.69) is 12.2 Å². The largest absolute Gasteiger partial charge is 0.399 e. The average Bonchev–Trinajstić information content (AvgIpc) is 2.38. The number of carbonyl (C=O) groups is 1. The molecule has 3 N–H and O–H groups in total. The van der Waals surface area contributed by atoms with Crippen LogP contribution in [0.5, 0.6) is 0 Å². The van der Waals surface area contributed by atoms with Crippen molar-refractivity contribution in [3.8, 4) is 0 Å². The van der Waals surface area contributed by atoms with Gasteiger partial charge < -0.3 is 11.1 Å². The summed E-state index contributed by atoms with van der Waals surface area (Å²) in [5.74, 6) is 0.923. The molecule has 3 nitrogen and oxygen atoms in total. The second-order valence-corrected chi connectivity index (χ2v) is 5.78. The summed E-state index contributed by atoms with van der Waals surface area (Å²) in [6.45, 7) is 2.27. The third-order valence-corrected chi connectivity index (χ3v) is 3.92. The Morgan fingerprint density at radius 1 is 1.32 bits per heavy atom. The van der Waals surface area contributed by atoms with Gasteiger partial charge in [0.1, 0.15) is 0 Å². The van der Waals surface area contributed by atoms with Gasteiger partial charge in [-0.05, 0) is 42.9 Å². The van der Waals surface area contributed by atoms with Crippen molar-refractivity contribution >= 4 is 11.6 Å². The van der Waals surface area contributed by atoms with E-state index in [0.717, 1.165) is 30.9 Å². The monoisotopic (exact) mass is 260 g/mol. The molecule has 1 aliphatic rings. The molecule has 1 amide bonds. The Balaban J connectivity index is 1.73. The van der Waals surface area contributed by atoms with Crippen LogP contribution in [-0.2, 0) is 11.2 Å². The maximum atomic E-state index is 11.9. The van der Waals surface area contributed by atoms with E-state index in [9.17, 15) is 4.79 Å². The molecule has 2 atom stereocenters. The molecule has 0 aromatic heterocycles. The van der Waals surface area contributed by atoms with Crippen molar-refractivity contribution in [2.24, 2.45) is 5.92 Å². The number of anilines is 1. The van der Waals surface area contributed by atoms with Crippen molar-refractivity contribution < 1.29 is 4.79 Å². The fraction of sp³-hybridized carbons (Fsp3) is 0.562. The summed E-state index contributed by atoms with van der Waals surface area (Å²) in [5.41, 5.74) is 7.58. The first-order chi connectivity index (χ1) is 9.13. The van der Waals surface area contributed by atoms with E-state index in [0.29, 0.717) is 12.5 Å². The number of nitrogens with two attached hydrogens (primary N) is 1. The number of hydrogen-bond donors (Lipinski definition) is 2. The van der Waals surface area contributed by atoms with E-state index in [4.69, 9.17) is 5.73 Å².